The molecule has 1 N–H and O–H groups in total. The summed E-state index contributed by atoms with van der Waals surface area (Å²) in [6.45, 7) is 6.54. The Morgan fingerprint density at radius 1 is 1.35 bits per heavy atom. The molecule has 2 atom stereocenters. The molecule has 4 heteroatoms. The third kappa shape index (κ3) is 2.84. The first kappa shape index (κ1) is 14.6. The average molecular weight is 274 g/mol. The summed E-state index contributed by atoms with van der Waals surface area (Å²) in [7, 11) is 0. The predicted molar refractivity (Wildman–Crippen MR) is 80.1 cm³/mol. The van der Waals surface area contributed by atoms with Crippen LogP contribution < -0.4 is 10.2 Å². The maximum atomic E-state index is 12.3. The molecule has 1 aliphatic rings. The molecule has 20 heavy (non-hydrogen) atoms. The number of anilines is 1. The van der Waals surface area contributed by atoms with Gasteiger partial charge in [-0.25, -0.2) is 0 Å². The summed E-state index contributed by atoms with van der Waals surface area (Å²) in [4.78, 5) is 26.2. The molecule has 0 bridgehead atoms. The van der Waals surface area contributed by atoms with Crippen LogP contribution in [0, 0.1) is 0 Å². The van der Waals surface area contributed by atoms with Gasteiger partial charge in [0, 0.05) is 30.3 Å². The van der Waals surface area contributed by atoms with Gasteiger partial charge in [-0.2, -0.15) is 0 Å². The van der Waals surface area contributed by atoms with Gasteiger partial charge in [0.05, 0.1) is 0 Å². The molecule has 2 rings (SSSR count). The van der Waals surface area contributed by atoms with Crippen molar-refractivity contribution in [2.45, 2.75) is 45.7 Å². The van der Waals surface area contributed by atoms with Crippen LogP contribution in [0.4, 0.5) is 5.69 Å². The van der Waals surface area contributed by atoms with Crippen LogP contribution in [-0.2, 0) is 4.79 Å². The summed E-state index contributed by atoms with van der Waals surface area (Å²) in [5.41, 5.74) is 1.59. The molecular formula is C16H22N2O2. The molecule has 0 aliphatic carbocycles. The highest BCUT2D eigenvalue weighted by Gasteiger charge is 2.29. The van der Waals surface area contributed by atoms with Gasteiger partial charge in [0.15, 0.2) is 5.78 Å². The topological polar surface area (TPSA) is 49.4 Å². The fraction of sp³-hybridized carbons (Fsp3) is 0.500. The maximum Gasteiger partial charge on any atom is 0.242 e. The number of carbonyl (C=O) groups is 2. The molecule has 4 nitrogen and oxygen atoms in total. The Labute approximate surface area is 120 Å². The largest absolute Gasteiger partial charge is 0.359 e. The van der Waals surface area contributed by atoms with Crippen molar-refractivity contribution in [3.8, 4) is 0 Å². The number of nitrogens with zero attached hydrogens (tertiary/aromatic N) is 1. The van der Waals surface area contributed by atoms with Gasteiger partial charge in [0.25, 0.3) is 0 Å². The molecule has 0 saturated carbocycles. The van der Waals surface area contributed by atoms with Crippen LogP contribution >= 0.6 is 0 Å². The SMILES string of the molecule is CCC(C)NC(=O)C(C)N1CCC(=O)c2ccccc21. The lowest BCUT2D eigenvalue weighted by Crippen LogP contribution is -2.49. The number of rotatable bonds is 4. The van der Waals surface area contributed by atoms with Crippen LogP contribution in [0.15, 0.2) is 24.3 Å². The van der Waals surface area contributed by atoms with Crippen molar-refractivity contribution in [2.75, 3.05) is 11.4 Å². The van der Waals surface area contributed by atoms with Crippen molar-refractivity contribution >= 4 is 17.4 Å². The number of Topliss-reactive ketones (excluding diaryl/α,β-unsaturated/α-hetero) is 1. The number of para-hydroxylation sites is 1. The molecule has 0 spiro atoms. The molecule has 108 valence electrons. The Kier molecular flexibility index (Phi) is 4.42. The Morgan fingerprint density at radius 3 is 2.75 bits per heavy atom. The molecule has 1 aliphatic heterocycles. The van der Waals surface area contributed by atoms with Crippen molar-refractivity contribution in [3.05, 3.63) is 29.8 Å². The van der Waals surface area contributed by atoms with Gasteiger partial charge in [-0.05, 0) is 32.4 Å². The number of amides is 1. The number of nitrogens with one attached hydrogen (secondary N) is 1. The molecule has 0 radical (unpaired) electrons. The first-order valence-corrected chi connectivity index (χ1v) is 7.23. The van der Waals surface area contributed by atoms with Crippen LogP contribution in [0.2, 0.25) is 0 Å². The third-order valence-corrected chi connectivity index (χ3v) is 3.94. The summed E-state index contributed by atoms with van der Waals surface area (Å²) < 4.78 is 0. The minimum Gasteiger partial charge on any atom is -0.359 e. The normalized spacial score (nSPS) is 17.4. The fourth-order valence-corrected chi connectivity index (χ4v) is 2.45. The number of hydrogen-bond donors (Lipinski definition) is 1. The first-order chi connectivity index (χ1) is 9.54. The lowest BCUT2D eigenvalue weighted by molar-refractivity contribution is -0.122. The highest BCUT2D eigenvalue weighted by atomic mass is 16.2. The van der Waals surface area contributed by atoms with E-state index in [0.29, 0.717) is 13.0 Å². The van der Waals surface area contributed by atoms with E-state index < -0.39 is 0 Å². The van der Waals surface area contributed by atoms with Crippen molar-refractivity contribution in [2.24, 2.45) is 0 Å². The number of fused-ring (bicyclic) bond motifs is 1. The Morgan fingerprint density at radius 2 is 2.05 bits per heavy atom. The van der Waals surface area contributed by atoms with Crippen molar-refractivity contribution in [3.63, 3.8) is 0 Å². The van der Waals surface area contributed by atoms with Gasteiger partial charge in [0.2, 0.25) is 5.91 Å². The summed E-state index contributed by atoms with van der Waals surface area (Å²) in [6.07, 6.45) is 1.38. The summed E-state index contributed by atoms with van der Waals surface area (Å²) in [5, 5.41) is 3.00. The van der Waals surface area contributed by atoms with E-state index in [2.05, 4.69) is 5.32 Å². The van der Waals surface area contributed by atoms with Gasteiger partial charge in [-0.15, -0.1) is 0 Å². The van der Waals surface area contributed by atoms with Gasteiger partial charge < -0.3 is 10.2 Å². The maximum absolute atomic E-state index is 12.3. The minimum absolute atomic E-state index is 0.0171. The quantitative estimate of drug-likeness (QED) is 0.917. The van der Waals surface area contributed by atoms with E-state index >= 15 is 0 Å². The Bertz CT molecular complexity index is 513. The molecular weight excluding hydrogens is 252 g/mol. The second-order valence-electron chi connectivity index (χ2n) is 5.38. The van der Waals surface area contributed by atoms with E-state index in [1.807, 2.05) is 49.9 Å². The van der Waals surface area contributed by atoms with Gasteiger partial charge in [0.1, 0.15) is 6.04 Å². The van der Waals surface area contributed by atoms with Crippen LogP contribution in [0.5, 0.6) is 0 Å². The van der Waals surface area contributed by atoms with Crippen LogP contribution in [-0.4, -0.2) is 30.3 Å². The fourth-order valence-electron chi connectivity index (χ4n) is 2.45. The van der Waals surface area contributed by atoms with E-state index in [-0.39, 0.29) is 23.8 Å². The molecule has 2 unspecified atom stereocenters. The number of carbonyl (C=O) groups excluding carboxylic acids is 2. The molecule has 1 heterocycles. The summed E-state index contributed by atoms with van der Waals surface area (Å²) in [6, 6.07) is 7.43. The highest BCUT2D eigenvalue weighted by Crippen LogP contribution is 2.28. The summed E-state index contributed by atoms with van der Waals surface area (Å²) >= 11 is 0. The first-order valence-electron chi connectivity index (χ1n) is 7.23. The zero-order chi connectivity index (χ0) is 14.7. The van der Waals surface area contributed by atoms with Gasteiger partial charge in [-0.1, -0.05) is 19.1 Å². The van der Waals surface area contributed by atoms with E-state index in [1.165, 1.54) is 0 Å². The van der Waals surface area contributed by atoms with Crippen LogP contribution in [0.25, 0.3) is 0 Å². The summed E-state index contributed by atoms with van der Waals surface area (Å²) in [5.74, 6) is 0.176. The molecule has 1 aromatic carbocycles. The molecule has 0 saturated heterocycles. The molecule has 1 aromatic rings. The van der Waals surface area contributed by atoms with E-state index in [1.54, 1.807) is 0 Å². The van der Waals surface area contributed by atoms with Crippen molar-refractivity contribution in [1.82, 2.24) is 5.32 Å². The number of hydrogen-bond acceptors (Lipinski definition) is 3. The second-order valence-corrected chi connectivity index (χ2v) is 5.38. The molecule has 0 aromatic heterocycles. The van der Waals surface area contributed by atoms with Crippen LogP contribution in [0.3, 0.4) is 0 Å². The second kappa shape index (κ2) is 6.07. The Hall–Kier alpha value is -1.84. The van der Waals surface area contributed by atoms with Gasteiger partial charge >= 0.3 is 0 Å². The highest BCUT2D eigenvalue weighted by molar-refractivity contribution is 6.04. The minimum atomic E-state index is -0.266. The van der Waals surface area contributed by atoms with Crippen molar-refractivity contribution in [1.29, 1.82) is 0 Å². The lowest BCUT2D eigenvalue weighted by Gasteiger charge is -2.35. The van der Waals surface area contributed by atoms with Crippen LogP contribution in [0.1, 0.15) is 44.0 Å². The number of benzene rings is 1. The number of ketones is 1. The predicted octanol–water partition coefficient (Wildman–Crippen LogP) is 2.38. The molecule has 0 fully saturated rings. The third-order valence-electron chi connectivity index (χ3n) is 3.94. The standard InChI is InChI=1S/C16H22N2O2/c1-4-11(2)17-16(20)12(3)18-10-9-15(19)13-7-5-6-8-14(13)18/h5-8,11-12H,4,9-10H2,1-3H3,(H,17,20). The lowest BCUT2D eigenvalue weighted by atomic mass is 9.99. The Balaban J connectivity index is 2.19. The van der Waals surface area contributed by atoms with E-state index in [9.17, 15) is 9.59 Å². The smallest absolute Gasteiger partial charge is 0.242 e. The van der Waals surface area contributed by atoms with E-state index in [0.717, 1.165) is 17.7 Å². The van der Waals surface area contributed by atoms with Gasteiger partial charge in [-0.3, -0.25) is 9.59 Å². The zero-order valence-electron chi connectivity index (χ0n) is 12.3. The molecule has 1 amide bonds. The average Bonchev–Trinajstić information content (AvgIpc) is 2.47. The monoisotopic (exact) mass is 274 g/mol. The zero-order valence-corrected chi connectivity index (χ0v) is 12.3. The van der Waals surface area contributed by atoms with E-state index in [4.69, 9.17) is 0 Å². The van der Waals surface area contributed by atoms with Crippen molar-refractivity contribution < 1.29 is 9.59 Å².